The molecule has 1 N–H and O–H groups in total. The molecular formula is C9H18O2. The van der Waals surface area contributed by atoms with Crippen molar-refractivity contribution in [1.29, 1.82) is 0 Å². The molecule has 1 heterocycles. The van der Waals surface area contributed by atoms with E-state index in [1.54, 1.807) is 6.92 Å². The van der Waals surface area contributed by atoms with E-state index in [1.165, 1.54) is 0 Å². The standard InChI is InChI=1S/C9H18O2/c1-7(2)8(3)5-6-9(4,10)11-8/h7,10H,5-6H2,1-4H3/t8-,9+/m0/s1. The van der Waals surface area contributed by atoms with E-state index >= 15 is 0 Å². The minimum atomic E-state index is -0.890. The third-order valence-corrected chi connectivity index (χ3v) is 2.76. The molecule has 0 aromatic carbocycles. The SMILES string of the molecule is CC(C)[C@]1(C)CC[C@](C)(O)O1. The first-order valence-corrected chi connectivity index (χ1v) is 4.28. The summed E-state index contributed by atoms with van der Waals surface area (Å²) in [4.78, 5) is 0. The third-order valence-electron chi connectivity index (χ3n) is 2.76. The van der Waals surface area contributed by atoms with E-state index in [0.717, 1.165) is 12.8 Å². The number of hydrogen-bond acceptors (Lipinski definition) is 2. The van der Waals surface area contributed by atoms with Crippen molar-refractivity contribution in [2.24, 2.45) is 5.92 Å². The molecule has 0 radical (unpaired) electrons. The topological polar surface area (TPSA) is 29.5 Å². The molecule has 1 aliphatic heterocycles. The Morgan fingerprint density at radius 2 is 1.82 bits per heavy atom. The van der Waals surface area contributed by atoms with E-state index < -0.39 is 5.79 Å². The Labute approximate surface area is 68.6 Å². The van der Waals surface area contributed by atoms with Crippen LogP contribution in [0.1, 0.15) is 40.5 Å². The highest BCUT2D eigenvalue weighted by atomic mass is 16.6. The van der Waals surface area contributed by atoms with E-state index in [-0.39, 0.29) is 5.60 Å². The smallest absolute Gasteiger partial charge is 0.163 e. The van der Waals surface area contributed by atoms with Gasteiger partial charge in [-0.25, -0.2) is 0 Å². The van der Waals surface area contributed by atoms with Crippen LogP contribution in [-0.2, 0) is 4.74 Å². The Hall–Kier alpha value is -0.0800. The number of rotatable bonds is 1. The molecule has 1 fully saturated rings. The van der Waals surface area contributed by atoms with E-state index in [2.05, 4.69) is 20.8 Å². The van der Waals surface area contributed by atoms with Crippen LogP contribution in [0.15, 0.2) is 0 Å². The van der Waals surface area contributed by atoms with Gasteiger partial charge in [0, 0.05) is 6.42 Å². The van der Waals surface area contributed by atoms with Crippen molar-refractivity contribution in [2.75, 3.05) is 0 Å². The molecule has 0 saturated carbocycles. The van der Waals surface area contributed by atoms with Gasteiger partial charge in [-0.05, 0) is 26.2 Å². The first-order chi connectivity index (χ1) is 4.86. The second kappa shape index (κ2) is 2.46. The number of aliphatic hydroxyl groups is 1. The van der Waals surface area contributed by atoms with Crippen molar-refractivity contribution in [3.63, 3.8) is 0 Å². The van der Waals surface area contributed by atoms with E-state index in [1.807, 2.05) is 0 Å². The zero-order chi connectivity index (χ0) is 8.70. The van der Waals surface area contributed by atoms with E-state index in [0.29, 0.717) is 5.92 Å². The lowest BCUT2D eigenvalue weighted by Crippen LogP contribution is -2.35. The fourth-order valence-electron chi connectivity index (χ4n) is 1.49. The Kier molecular flexibility index (Phi) is 2.01. The van der Waals surface area contributed by atoms with Crippen molar-refractivity contribution in [2.45, 2.75) is 51.9 Å². The quantitative estimate of drug-likeness (QED) is 0.631. The lowest BCUT2D eigenvalue weighted by Gasteiger charge is -2.30. The Morgan fingerprint density at radius 1 is 1.27 bits per heavy atom. The maximum absolute atomic E-state index is 9.56. The summed E-state index contributed by atoms with van der Waals surface area (Å²) in [5.74, 6) is -0.421. The van der Waals surface area contributed by atoms with Crippen LogP contribution < -0.4 is 0 Å². The van der Waals surface area contributed by atoms with Crippen LogP contribution >= 0.6 is 0 Å². The van der Waals surface area contributed by atoms with Gasteiger partial charge in [0.05, 0.1) is 5.60 Å². The van der Waals surface area contributed by atoms with Gasteiger partial charge >= 0.3 is 0 Å². The second-order valence-corrected chi connectivity index (χ2v) is 4.24. The summed E-state index contributed by atoms with van der Waals surface area (Å²) in [5.41, 5.74) is -0.122. The molecule has 0 unspecified atom stereocenters. The van der Waals surface area contributed by atoms with Gasteiger partial charge in [-0.2, -0.15) is 0 Å². The summed E-state index contributed by atoms with van der Waals surface area (Å²) in [6.07, 6.45) is 1.71. The van der Waals surface area contributed by atoms with E-state index in [9.17, 15) is 5.11 Å². The molecule has 0 amide bonds. The third kappa shape index (κ3) is 1.74. The summed E-state index contributed by atoms with van der Waals surface area (Å²) in [6, 6.07) is 0. The van der Waals surface area contributed by atoms with Crippen LogP contribution in [0.4, 0.5) is 0 Å². The molecular weight excluding hydrogens is 140 g/mol. The van der Waals surface area contributed by atoms with Crippen molar-refractivity contribution in [3.8, 4) is 0 Å². The molecule has 1 rings (SSSR count). The highest BCUT2D eigenvalue weighted by molar-refractivity contribution is 4.88. The molecule has 66 valence electrons. The molecule has 2 atom stereocenters. The first-order valence-electron chi connectivity index (χ1n) is 4.28. The van der Waals surface area contributed by atoms with Gasteiger partial charge in [0.15, 0.2) is 5.79 Å². The van der Waals surface area contributed by atoms with Crippen molar-refractivity contribution < 1.29 is 9.84 Å². The zero-order valence-corrected chi connectivity index (χ0v) is 7.85. The summed E-state index contributed by atoms with van der Waals surface area (Å²) < 4.78 is 5.55. The Balaban J connectivity index is 2.65. The molecule has 0 spiro atoms. The molecule has 2 heteroatoms. The van der Waals surface area contributed by atoms with Gasteiger partial charge < -0.3 is 9.84 Å². The fourth-order valence-corrected chi connectivity index (χ4v) is 1.49. The summed E-state index contributed by atoms with van der Waals surface area (Å²) in [6.45, 7) is 8.06. The zero-order valence-electron chi connectivity index (χ0n) is 7.85. The normalized spacial score (nSPS) is 45.3. The average molecular weight is 158 g/mol. The van der Waals surface area contributed by atoms with Crippen LogP contribution in [0, 0.1) is 5.92 Å². The molecule has 2 nitrogen and oxygen atoms in total. The van der Waals surface area contributed by atoms with Crippen LogP contribution in [-0.4, -0.2) is 16.5 Å². The molecule has 11 heavy (non-hydrogen) atoms. The second-order valence-electron chi connectivity index (χ2n) is 4.24. The van der Waals surface area contributed by atoms with Gasteiger partial charge in [-0.1, -0.05) is 13.8 Å². The minimum absolute atomic E-state index is 0.122. The van der Waals surface area contributed by atoms with Crippen LogP contribution in [0.3, 0.4) is 0 Å². The van der Waals surface area contributed by atoms with Gasteiger partial charge in [0.2, 0.25) is 0 Å². The van der Waals surface area contributed by atoms with Crippen LogP contribution in [0.5, 0.6) is 0 Å². The molecule has 0 aliphatic carbocycles. The maximum atomic E-state index is 9.56. The van der Waals surface area contributed by atoms with Gasteiger partial charge in [-0.3, -0.25) is 0 Å². The van der Waals surface area contributed by atoms with Gasteiger partial charge in [0.25, 0.3) is 0 Å². The van der Waals surface area contributed by atoms with Crippen molar-refractivity contribution in [3.05, 3.63) is 0 Å². The molecule has 1 saturated heterocycles. The highest BCUT2D eigenvalue weighted by Crippen LogP contribution is 2.40. The highest BCUT2D eigenvalue weighted by Gasteiger charge is 2.44. The monoisotopic (exact) mass is 158 g/mol. The van der Waals surface area contributed by atoms with E-state index in [4.69, 9.17) is 4.74 Å². The number of hydrogen-bond donors (Lipinski definition) is 1. The fraction of sp³-hybridized carbons (Fsp3) is 1.00. The Morgan fingerprint density at radius 3 is 2.00 bits per heavy atom. The van der Waals surface area contributed by atoms with Gasteiger partial charge in [-0.15, -0.1) is 0 Å². The van der Waals surface area contributed by atoms with Crippen LogP contribution in [0.2, 0.25) is 0 Å². The van der Waals surface area contributed by atoms with Gasteiger partial charge in [0.1, 0.15) is 0 Å². The molecule has 0 aromatic rings. The Bertz CT molecular complexity index is 152. The summed E-state index contributed by atoms with van der Waals surface area (Å²) in [7, 11) is 0. The van der Waals surface area contributed by atoms with Crippen LogP contribution in [0.25, 0.3) is 0 Å². The predicted octanol–water partition coefficient (Wildman–Crippen LogP) is 1.92. The lowest BCUT2D eigenvalue weighted by molar-refractivity contribution is -0.217. The largest absolute Gasteiger partial charge is 0.366 e. The maximum Gasteiger partial charge on any atom is 0.163 e. The first kappa shape index (κ1) is 9.01. The number of ether oxygens (including phenoxy) is 1. The lowest BCUT2D eigenvalue weighted by atomic mass is 9.89. The predicted molar refractivity (Wildman–Crippen MR) is 44.2 cm³/mol. The van der Waals surface area contributed by atoms with Crippen molar-refractivity contribution in [1.82, 2.24) is 0 Å². The summed E-state index contributed by atoms with van der Waals surface area (Å²) in [5, 5.41) is 9.56. The van der Waals surface area contributed by atoms with Crippen molar-refractivity contribution >= 4 is 0 Å². The minimum Gasteiger partial charge on any atom is -0.366 e. The summed E-state index contributed by atoms with van der Waals surface area (Å²) >= 11 is 0. The molecule has 0 bridgehead atoms. The average Bonchev–Trinajstić information content (AvgIpc) is 2.08. The molecule has 1 aliphatic rings. The molecule has 0 aromatic heterocycles.